The first-order valence-electron chi connectivity index (χ1n) is 8.41. The largest absolute Gasteiger partial charge is 0.481 e. The summed E-state index contributed by atoms with van der Waals surface area (Å²) in [5, 5.41) is 8.60. The van der Waals surface area contributed by atoms with Crippen molar-refractivity contribution in [3.05, 3.63) is 12.2 Å². The van der Waals surface area contributed by atoms with Crippen molar-refractivity contribution >= 4 is 16.0 Å². The van der Waals surface area contributed by atoms with Crippen LogP contribution in [0.5, 0.6) is 0 Å². The van der Waals surface area contributed by atoms with Crippen LogP contribution in [0.4, 0.5) is 0 Å². The van der Waals surface area contributed by atoms with Crippen LogP contribution < -0.4 is 4.72 Å². The number of hydrogen-bond acceptors (Lipinski definition) is 3. The van der Waals surface area contributed by atoms with Crippen molar-refractivity contribution in [2.75, 3.05) is 6.26 Å². The maximum absolute atomic E-state index is 11.7. The molecule has 2 N–H and O–H groups in total. The van der Waals surface area contributed by atoms with E-state index in [4.69, 9.17) is 5.11 Å². The Morgan fingerprint density at radius 3 is 2.57 bits per heavy atom. The molecule has 5 nitrogen and oxygen atoms in total. The molecule has 2 bridgehead atoms. The molecule has 23 heavy (non-hydrogen) atoms. The van der Waals surface area contributed by atoms with Gasteiger partial charge in [-0.3, -0.25) is 4.79 Å². The van der Waals surface area contributed by atoms with E-state index in [0.717, 1.165) is 32.1 Å². The minimum absolute atomic E-state index is 0.0256. The summed E-state index contributed by atoms with van der Waals surface area (Å²) in [6.45, 7) is 4.36. The van der Waals surface area contributed by atoms with Gasteiger partial charge in [0.2, 0.25) is 10.0 Å². The van der Waals surface area contributed by atoms with Gasteiger partial charge in [-0.25, -0.2) is 13.1 Å². The van der Waals surface area contributed by atoms with Crippen LogP contribution in [0.25, 0.3) is 0 Å². The van der Waals surface area contributed by atoms with Gasteiger partial charge in [-0.1, -0.05) is 26.0 Å². The average Bonchev–Trinajstić information content (AvgIpc) is 2.40. The molecule has 3 atom stereocenters. The van der Waals surface area contributed by atoms with E-state index in [1.54, 1.807) is 0 Å². The molecule has 6 heteroatoms. The maximum Gasteiger partial charge on any atom is 0.303 e. The highest BCUT2D eigenvalue weighted by molar-refractivity contribution is 7.88. The first kappa shape index (κ1) is 18.5. The summed E-state index contributed by atoms with van der Waals surface area (Å²) in [5.74, 6) is 0.337. The molecule has 3 rings (SSSR count). The first-order chi connectivity index (χ1) is 10.6. The fourth-order valence-electron chi connectivity index (χ4n) is 4.43. The lowest BCUT2D eigenvalue weighted by atomic mass is 9.42. The van der Waals surface area contributed by atoms with Gasteiger partial charge >= 0.3 is 5.97 Å². The molecule has 0 aliphatic heterocycles. The number of allylic oxidation sites excluding steroid dienone is 2. The number of unbranched alkanes of at least 4 members (excludes halogenated alkanes) is 1. The number of rotatable bonds is 8. The van der Waals surface area contributed by atoms with Gasteiger partial charge in [0, 0.05) is 12.0 Å². The molecule has 0 heterocycles. The quantitative estimate of drug-likeness (QED) is 0.524. The Morgan fingerprint density at radius 2 is 2.00 bits per heavy atom. The highest BCUT2D eigenvalue weighted by atomic mass is 32.2. The Bertz CT molecular complexity index is 581. The maximum atomic E-state index is 11.7. The van der Waals surface area contributed by atoms with Crippen LogP contribution in [-0.4, -0.2) is 31.3 Å². The molecular weight excluding hydrogens is 314 g/mol. The Kier molecular flexibility index (Phi) is 5.26. The Balaban J connectivity index is 1.87. The fourth-order valence-corrected chi connectivity index (χ4v) is 5.57. The molecule has 0 spiro atoms. The summed E-state index contributed by atoms with van der Waals surface area (Å²) in [6.07, 6.45) is 11.1. The van der Waals surface area contributed by atoms with Crippen molar-refractivity contribution in [3.63, 3.8) is 0 Å². The molecule has 0 saturated heterocycles. The SMILES string of the molecule is CC1(C)C2CC(CC=CCCCC(=O)O)CC1(NS(C)(=O)=O)C2. The first-order valence-corrected chi connectivity index (χ1v) is 10.3. The third kappa shape index (κ3) is 4.15. The highest BCUT2D eigenvalue weighted by Crippen LogP contribution is 2.63. The Labute approximate surface area is 139 Å². The van der Waals surface area contributed by atoms with Gasteiger partial charge in [0.25, 0.3) is 0 Å². The van der Waals surface area contributed by atoms with Crippen molar-refractivity contribution in [1.29, 1.82) is 0 Å². The monoisotopic (exact) mass is 343 g/mol. The number of fused-ring (bicyclic) bond motifs is 2. The topological polar surface area (TPSA) is 83.5 Å². The summed E-state index contributed by atoms with van der Waals surface area (Å²) in [6, 6.07) is 0. The molecule has 0 radical (unpaired) electrons. The standard InChI is InChI=1S/C17H29NO4S/c1-16(2)14-10-13(8-6-4-5-7-9-15(19)20)11-17(16,12-14)18-23(3,21)22/h4,6,13-14,18H,5,7-12H2,1-3H3,(H,19,20). The molecule has 3 unspecified atom stereocenters. The van der Waals surface area contributed by atoms with Crippen molar-refractivity contribution in [2.45, 2.75) is 64.3 Å². The molecule has 3 fully saturated rings. The summed E-state index contributed by atoms with van der Waals surface area (Å²) in [5.41, 5.74) is -0.261. The molecule has 3 saturated carbocycles. The number of sulfonamides is 1. The van der Waals surface area contributed by atoms with Gasteiger partial charge in [-0.05, 0) is 55.8 Å². The van der Waals surface area contributed by atoms with Crippen molar-refractivity contribution in [2.24, 2.45) is 17.3 Å². The van der Waals surface area contributed by atoms with E-state index in [1.165, 1.54) is 6.26 Å². The van der Waals surface area contributed by atoms with E-state index in [1.807, 2.05) is 0 Å². The van der Waals surface area contributed by atoms with Crippen molar-refractivity contribution < 1.29 is 18.3 Å². The minimum atomic E-state index is -3.20. The molecule has 0 amide bonds. The molecule has 0 aromatic heterocycles. The van der Waals surface area contributed by atoms with E-state index < -0.39 is 16.0 Å². The number of nitrogens with one attached hydrogen (secondary N) is 1. The Morgan fingerprint density at radius 1 is 1.30 bits per heavy atom. The molecule has 3 aliphatic carbocycles. The number of hydrogen-bond donors (Lipinski definition) is 2. The lowest BCUT2D eigenvalue weighted by molar-refractivity contribution is -0.137. The lowest BCUT2D eigenvalue weighted by Gasteiger charge is -2.67. The summed E-state index contributed by atoms with van der Waals surface area (Å²) in [4.78, 5) is 10.5. The number of carbonyl (C=O) groups is 1. The smallest absolute Gasteiger partial charge is 0.303 e. The molecule has 0 aromatic carbocycles. The third-order valence-corrected chi connectivity index (χ3v) is 6.64. The summed E-state index contributed by atoms with van der Waals surface area (Å²) >= 11 is 0. The zero-order chi connectivity index (χ0) is 17.3. The second-order valence-corrected chi connectivity index (χ2v) is 9.63. The zero-order valence-electron chi connectivity index (χ0n) is 14.3. The van der Waals surface area contributed by atoms with Crippen LogP contribution in [0, 0.1) is 17.3 Å². The highest BCUT2D eigenvalue weighted by Gasteiger charge is 2.64. The zero-order valence-corrected chi connectivity index (χ0v) is 15.2. The van der Waals surface area contributed by atoms with Crippen molar-refractivity contribution in [3.8, 4) is 0 Å². The Hall–Kier alpha value is -0.880. The predicted octanol–water partition coefficient (Wildman–Crippen LogP) is 2.93. The van der Waals surface area contributed by atoms with E-state index >= 15 is 0 Å². The second kappa shape index (κ2) is 6.55. The van der Waals surface area contributed by atoms with Crippen LogP contribution in [0.15, 0.2) is 12.2 Å². The normalized spacial score (nSPS) is 32.7. The molecule has 0 aromatic rings. The number of aliphatic carboxylic acids is 1. The van der Waals surface area contributed by atoms with E-state index in [-0.39, 0.29) is 17.4 Å². The van der Waals surface area contributed by atoms with Crippen LogP contribution >= 0.6 is 0 Å². The number of carboxylic acid groups (broad SMARTS) is 1. The van der Waals surface area contributed by atoms with Gasteiger partial charge in [-0.15, -0.1) is 0 Å². The van der Waals surface area contributed by atoms with Crippen LogP contribution in [0.1, 0.15) is 58.8 Å². The van der Waals surface area contributed by atoms with Crippen LogP contribution in [0.2, 0.25) is 0 Å². The van der Waals surface area contributed by atoms with Gasteiger partial charge < -0.3 is 5.11 Å². The molecule has 132 valence electrons. The van der Waals surface area contributed by atoms with E-state index in [9.17, 15) is 13.2 Å². The van der Waals surface area contributed by atoms with Crippen LogP contribution in [0.3, 0.4) is 0 Å². The fraction of sp³-hybridized carbons (Fsp3) is 0.824. The summed E-state index contributed by atoms with van der Waals surface area (Å²) < 4.78 is 26.4. The van der Waals surface area contributed by atoms with Crippen LogP contribution in [-0.2, 0) is 14.8 Å². The third-order valence-electron chi connectivity index (χ3n) is 5.88. The molecule has 3 aliphatic rings. The lowest BCUT2D eigenvalue weighted by Crippen LogP contribution is -2.72. The average molecular weight is 343 g/mol. The minimum Gasteiger partial charge on any atom is -0.481 e. The van der Waals surface area contributed by atoms with Crippen molar-refractivity contribution in [1.82, 2.24) is 4.72 Å². The number of carboxylic acids is 1. The molecular formula is C17H29NO4S. The predicted molar refractivity (Wildman–Crippen MR) is 90.6 cm³/mol. The van der Waals surface area contributed by atoms with E-state index in [0.29, 0.717) is 18.3 Å². The van der Waals surface area contributed by atoms with E-state index in [2.05, 4.69) is 30.7 Å². The van der Waals surface area contributed by atoms with Gasteiger partial charge in [0.15, 0.2) is 0 Å². The van der Waals surface area contributed by atoms with Gasteiger partial charge in [0.05, 0.1) is 6.26 Å². The van der Waals surface area contributed by atoms with Gasteiger partial charge in [-0.2, -0.15) is 0 Å². The summed E-state index contributed by atoms with van der Waals surface area (Å²) in [7, 11) is -3.20. The van der Waals surface area contributed by atoms with Gasteiger partial charge in [0.1, 0.15) is 0 Å². The second-order valence-electron chi connectivity index (χ2n) is 7.88.